The minimum atomic E-state index is -0.221. The molecule has 6 heteroatoms. The summed E-state index contributed by atoms with van der Waals surface area (Å²) in [6, 6.07) is 14.6. The van der Waals surface area contributed by atoms with Crippen LogP contribution in [-0.2, 0) is 22.4 Å². The third-order valence-electron chi connectivity index (χ3n) is 5.16. The van der Waals surface area contributed by atoms with E-state index in [1.807, 2.05) is 30.5 Å². The summed E-state index contributed by atoms with van der Waals surface area (Å²) in [6.45, 7) is 1.85. The Kier molecular flexibility index (Phi) is 6.34. The summed E-state index contributed by atoms with van der Waals surface area (Å²) in [5.74, 6) is 0.605. The lowest BCUT2D eigenvalue weighted by Gasteiger charge is -2.30. The largest absolute Gasteiger partial charge is 0.497 e. The van der Waals surface area contributed by atoms with Crippen molar-refractivity contribution in [2.45, 2.75) is 31.7 Å². The number of hydrogen-bond donors (Lipinski definition) is 1. The second kappa shape index (κ2) is 9.31. The van der Waals surface area contributed by atoms with Gasteiger partial charge in [0.15, 0.2) is 6.29 Å². The van der Waals surface area contributed by atoms with Crippen molar-refractivity contribution in [3.8, 4) is 5.75 Å². The first-order valence-electron chi connectivity index (χ1n) is 9.84. The molecule has 5 nitrogen and oxygen atoms in total. The van der Waals surface area contributed by atoms with Crippen LogP contribution < -0.4 is 10.1 Å². The molecule has 1 aliphatic heterocycles. The lowest BCUT2D eigenvalue weighted by molar-refractivity contribution is -0.192. The molecule has 4 rings (SSSR count). The zero-order chi connectivity index (χ0) is 20.1. The number of aromatic nitrogens is 1. The number of fused-ring (bicyclic) bond motifs is 1. The minimum Gasteiger partial charge on any atom is -0.497 e. The number of nitrogens with one attached hydrogen (secondary N) is 1. The van der Waals surface area contributed by atoms with E-state index in [4.69, 9.17) is 14.2 Å². The molecule has 0 radical (unpaired) electrons. The molecular weight excluding hydrogens is 371 g/mol. The number of rotatable bonds is 7. The quantitative estimate of drug-likeness (QED) is 0.658. The second-order valence-corrected chi connectivity index (χ2v) is 7.19. The van der Waals surface area contributed by atoms with E-state index < -0.39 is 0 Å². The number of aryl methyl sites for hydroxylation is 1. The molecule has 2 aromatic carbocycles. The van der Waals surface area contributed by atoms with Crippen molar-refractivity contribution in [3.63, 3.8) is 0 Å². The van der Waals surface area contributed by atoms with E-state index in [0.717, 1.165) is 35.1 Å². The molecule has 0 spiro atoms. The first-order chi connectivity index (χ1) is 14.2. The molecule has 1 aromatic heterocycles. The molecule has 0 amide bonds. The van der Waals surface area contributed by atoms with Crippen LogP contribution in [0.5, 0.6) is 5.75 Å². The number of pyridine rings is 1. The second-order valence-electron chi connectivity index (χ2n) is 7.19. The Morgan fingerprint density at radius 2 is 1.90 bits per heavy atom. The van der Waals surface area contributed by atoms with Crippen LogP contribution in [0.2, 0.25) is 0 Å². The number of nitrogens with zero attached hydrogens (tertiary/aromatic N) is 1. The molecule has 2 heterocycles. The third kappa shape index (κ3) is 5.09. The van der Waals surface area contributed by atoms with E-state index in [1.54, 1.807) is 19.2 Å². The van der Waals surface area contributed by atoms with Crippen molar-refractivity contribution in [2.75, 3.05) is 20.3 Å². The lowest BCUT2D eigenvalue weighted by Crippen LogP contribution is -2.44. The number of methoxy groups -OCH3 is 1. The van der Waals surface area contributed by atoms with E-state index in [2.05, 4.69) is 10.3 Å². The number of halogens is 1. The van der Waals surface area contributed by atoms with Gasteiger partial charge in [-0.15, -0.1) is 0 Å². The molecule has 1 aliphatic rings. The van der Waals surface area contributed by atoms with Gasteiger partial charge in [0.25, 0.3) is 0 Å². The van der Waals surface area contributed by atoms with E-state index in [-0.39, 0.29) is 18.1 Å². The Hall–Kier alpha value is -2.54. The van der Waals surface area contributed by atoms with Gasteiger partial charge in [-0.25, -0.2) is 4.39 Å². The molecular formula is C23H25FN2O3. The van der Waals surface area contributed by atoms with Gasteiger partial charge >= 0.3 is 0 Å². The van der Waals surface area contributed by atoms with Crippen molar-refractivity contribution in [2.24, 2.45) is 0 Å². The Balaban J connectivity index is 1.27. The third-order valence-corrected chi connectivity index (χ3v) is 5.16. The monoisotopic (exact) mass is 396 g/mol. The van der Waals surface area contributed by atoms with Crippen LogP contribution >= 0.6 is 0 Å². The van der Waals surface area contributed by atoms with Crippen molar-refractivity contribution in [1.29, 1.82) is 0 Å². The molecule has 0 unspecified atom stereocenters. The summed E-state index contributed by atoms with van der Waals surface area (Å²) in [5.41, 5.74) is 3.20. The average molecular weight is 396 g/mol. The van der Waals surface area contributed by atoms with Gasteiger partial charge in [0, 0.05) is 24.5 Å². The van der Waals surface area contributed by atoms with Crippen molar-refractivity contribution in [1.82, 2.24) is 10.3 Å². The van der Waals surface area contributed by atoms with Gasteiger partial charge in [0.1, 0.15) is 11.6 Å². The van der Waals surface area contributed by atoms with Crippen LogP contribution in [0, 0.1) is 5.82 Å². The Labute approximate surface area is 169 Å². The van der Waals surface area contributed by atoms with Gasteiger partial charge < -0.3 is 19.5 Å². The zero-order valence-electron chi connectivity index (χ0n) is 16.4. The van der Waals surface area contributed by atoms with Crippen LogP contribution in [0.3, 0.4) is 0 Å². The topological polar surface area (TPSA) is 52.6 Å². The lowest BCUT2D eigenvalue weighted by atomic mass is 10.0. The first kappa shape index (κ1) is 19.8. The average Bonchev–Trinajstić information content (AvgIpc) is 2.77. The molecule has 1 saturated heterocycles. The highest BCUT2D eigenvalue weighted by Gasteiger charge is 2.22. The van der Waals surface area contributed by atoms with Gasteiger partial charge in [-0.05, 0) is 53.9 Å². The van der Waals surface area contributed by atoms with Crippen molar-refractivity contribution < 1.29 is 18.6 Å². The molecule has 0 atom stereocenters. The summed E-state index contributed by atoms with van der Waals surface area (Å²) in [5, 5.41) is 4.49. The molecule has 3 aromatic rings. The van der Waals surface area contributed by atoms with Crippen LogP contribution in [0.25, 0.3) is 10.9 Å². The van der Waals surface area contributed by atoms with Crippen LogP contribution in [0.4, 0.5) is 4.39 Å². The van der Waals surface area contributed by atoms with Gasteiger partial charge in [-0.1, -0.05) is 12.1 Å². The maximum Gasteiger partial charge on any atom is 0.158 e. The molecule has 29 heavy (non-hydrogen) atoms. The van der Waals surface area contributed by atoms with Crippen LogP contribution in [-0.4, -0.2) is 37.6 Å². The fourth-order valence-corrected chi connectivity index (χ4v) is 3.49. The summed E-state index contributed by atoms with van der Waals surface area (Å²) < 4.78 is 30.1. The molecule has 152 valence electrons. The van der Waals surface area contributed by atoms with E-state index in [9.17, 15) is 4.39 Å². The highest BCUT2D eigenvalue weighted by Crippen LogP contribution is 2.24. The number of ether oxygens (including phenoxy) is 3. The normalized spacial score (nSPS) is 19.4. The van der Waals surface area contributed by atoms with Crippen LogP contribution in [0.15, 0.2) is 54.7 Å². The first-order valence-corrected chi connectivity index (χ1v) is 9.84. The van der Waals surface area contributed by atoms with E-state index in [0.29, 0.717) is 19.8 Å². The SMILES string of the molecule is COc1ccc2nccc(CCC3OCC(NCc4ccc(F)cc4)CO3)c2c1. The maximum atomic E-state index is 13.0. The highest BCUT2D eigenvalue weighted by molar-refractivity contribution is 5.83. The molecule has 1 fully saturated rings. The maximum absolute atomic E-state index is 13.0. The molecule has 0 aliphatic carbocycles. The summed E-state index contributed by atoms with van der Waals surface area (Å²) in [4.78, 5) is 4.43. The van der Waals surface area contributed by atoms with Crippen molar-refractivity contribution in [3.05, 3.63) is 71.7 Å². The predicted octanol–water partition coefficient (Wildman–Crippen LogP) is 3.85. The number of hydrogen-bond acceptors (Lipinski definition) is 5. The zero-order valence-corrected chi connectivity index (χ0v) is 16.4. The summed E-state index contributed by atoms with van der Waals surface area (Å²) in [7, 11) is 1.67. The fourth-order valence-electron chi connectivity index (χ4n) is 3.49. The Bertz CT molecular complexity index is 941. The van der Waals surface area contributed by atoms with E-state index in [1.165, 1.54) is 17.7 Å². The van der Waals surface area contributed by atoms with Gasteiger partial charge in [0.2, 0.25) is 0 Å². The molecule has 0 bridgehead atoms. The van der Waals surface area contributed by atoms with Crippen molar-refractivity contribution >= 4 is 10.9 Å². The minimum absolute atomic E-state index is 0.127. The summed E-state index contributed by atoms with van der Waals surface area (Å²) >= 11 is 0. The van der Waals surface area contributed by atoms with Gasteiger partial charge in [-0.3, -0.25) is 4.98 Å². The van der Waals surface area contributed by atoms with E-state index >= 15 is 0 Å². The molecule has 1 N–H and O–H groups in total. The Morgan fingerprint density at radius 1 is 1.10 bits per heavy atom. The Morgan fingerprint density at radius 3 is 2.66 bits per heavy atom. The highest BCUT2D eigenvalue weighted by atomic mass is 19.1. The van der Waals surface area contributed by atoms with Crippen LogP contribution in [0.1, 0.15) is 17.5 Å². The molecule has 0 saturated carbocycles. The fraction of sp³-hybridized carbons (Fsp3) is 0.348. The predicted molar refractivity (Wildman–Crippen MR) is 109 cm³/mol. The number of benzene rings is 2. The van der Waals surface area contributed by atoms with Gasteiger partial charge in [0.05, 0.1) is 31.9 Å². The standard InChI is InChI=1S/C23H25FN2O3/c1-27-20-7-8-22-21(12-20)17(10-11-25-22)4-9-23-28-14-19(15-29-23)26-13-16-2-5-18(24)6-3-16/h2-3,5-8,10-12,19,23,26H,4,9,13-15H2,1H3. The van der Waals surface area contributed by atoms with Gasteiger partial charge in [-0.2, -0.15) is 0 Å². The summed E-state index contributed by atoms with van der Waals surface area (Å²) in [6.07, 6.45) is 3.24. The smallest absolute Gasteiger partial charge is 0.158 e.